The molecule has 1 fully saturated rings. The van der Waals surface area contributed by atoms with Crippen molar-refractivity contribution in [2.75, 3.05) is 20.6 Å². The van der Waals surface area contributed by atoms with Crippen molar-refractivity contribution >= 4 is 27.3 Å². The van der Waals surface area contributed by atoms with E-state index >= 15 is 0 Å². The van der Waals surface area contributed by atoms with Crippen molar-refractivity contribution < 1.29 is 0 Å². The molecule has 0 aromatic carbocycles. The van der Waals surface area contributed by atoms with E-state index in [9.17, 15) is 0 Å². The molecular formula is C15H25BrN2S. The van der Waals surface area contributed by atoms with Gasteiger partial charge in [0.25, 0.3) is 0 Å². The van der Waals surface area contributed by atoms with Crippen molar-refractivity contribution in [2.45, 2.75) is 44.7 Å². The second-order valence-corrected chi connectivity index (χ2v) is 7.97. The molecule has 0 spiro atoms. The Kier molecular flexibility index (Phi) is 5.46. The molecule has 1 saturated carbocycles. The number of thiophene rings is 1. The lowest BCUT2D eigenvalue weighted by Crippen LogP contribution is -2.54. The molecule has 2 unspecified atom stereocenters. The summed E-state index contributed by atoms with van der Waals surface area (Å²) < 4.78 is 1.24. The van der Waals surface area contributed by atoms with Gasteiger partial charge in [0, 0.05) is 28.0 Å². The molecule has 19 heavy (non-hydrogen) atoms. The van der Waals surface area contributed by atoms with Crippen molar-refractivity contribution in [2.24, 2.45) is 5.92 Å². The molecule has 2 rings (SSSR count). The summed E-state index contributed by atoms with van der Waals surface area (Å²) in [6.07, 6.45) is 5.40. The third-order valence-electron chi connectivity index (χ3n) is 4.45. The Morgan fingerprint density at radius 1 is 1.53 bits per heavy atom. The minimum Gasteiger partial charge on any atom is -0.310 e. The Hall–Kier alpha value is 0.1000. The zero-order valence-electron chi connectivity index (χ0n) is 12.2. The fourth-order valence-electron chi connectivity index (χ4n) is 3.22. The summed E-state index contributed by atoms with van der Waals surface area (Å²) in [7, 11) is 4.47. The van der Waals surface area contributed by atoms with Crippen molar-refractivity contribution in [1.82, 2.24) is 10.2 Å². The van der Waals surface area contributed by atoms with Gasteiger partial charge in [0.1, 0.15) is 0 Å². The van der Waals surface area contributed by atoms with Crippen LogP contribution in [0.5, 0.6) is 0 Å². The molecule has 0 amide bonds. The Bertz CT molecular complexity index is 405. The third kappa shape index (κ3) is 3.81. The fourth-order valence-corrected chi connectivity index (χ4v) is 4.68. The highest BCUT2D eigenvalue weighted by Gasteiger charge is 2.36. The molecule has 2 nitrogen and oxygen atoms in total. The summed E-state index contributed by atoms with van der Waals surface area (Å²) in [6, 6.07) is 2.13. The van der Waals surface area contributed by atoms with Gasteiger partial charge in [-0.05, 0) is 60.2 Å². The molecule has 1 heterocycles. The van der Waals surface area contributed by atoms with Crippen LogP contribution in [-0.4, -0.2) is 31.1 Å². The van der Waals surface area contributed by atoms with E-state index < -0.39 is 0 Å². The Labute approximate surface area is 129 Å². The van der Waals surface area contributed by atoms with E-state index in [2.05, 4.69) is 58.6 Å². The van der Waals surface area contributed by atoms with Crippen LogP contribution in [0.4, 0.5) is 0 Å². The second-order valence-electron chi connectivity index (χ2n) is 6.12. The maximum absolute atomic E-state index is 3.68. The highest BCUT2D eigenvalue weighted by Crippen LogP contribution is 2.35. The minimum absolute atomic E-state index is 0.349. The summed E-state index contributed by atoms with van der Waals surface area (Å²) in [5, 5.41) is 5.82. The zero-order valence-corrected chi connectivity index (χ0v) is 14.6. The van der Waals surface area contributed by atoms with Crippen LogP contribution in [-0.2, 0) is 6.54 Å². The highest BCUT2D eigenvalue weighted by atomic mass is 79.9. The van der Waals surface area contributed by atoms with Crippen molar-refractivity contribution in [1.29, 1.82) is 0 Å². The van der Waals surface area contributed by atoms with Crippen LogP contribution in [0.15, 0.2) is 15.9 Å². The summed E-state index contributed by atoms with van der Waals surface area (Å²) in [5.74, 6) is 0.853. The van der Waals surface area contributed by atoms with Gasteiger partial charge >= 0.3 is 0 Å². The van der Waals surface area contributed by atoms with Gasteiger partial charge < -0.3 is 10.2 Å². The van der Waals surface area contributed by atoms with E-state index in [0.717, 1.165) is 19.0 Å². The largest absolute Gasteiger partial charge is 0.310 e. The van der Waals surface area contributed by atoms with Crippen LogP contribution in [0.2, 0.25) is 0 Å². The number of hydrogen-bond donors (Lipinski definition) is 1. The van der Waals surface area contributed by atoms with Crippen LogP contribution in [0, 0.1) is 5.92 Å². The van der Waals surface area contributed by atoms with Gasteiger partial charge in [-0.25, -0.2) is 0 Å². The first-order valence-corrected chi connectivity index (χ1v) is 8.81. The molecule has 108 valence electrons. The summed E-state index contributed by atoms with van der Waals surface area (Å²) >= 11 is 5.43. The van der Waals surface area contributed by atoms with E-state index in [-0.39, 0.29) is 0 Å². The maximum Gasteiger partial charge on any atom is 0.0330 e. The molecule has 1 aliphatic carbocycles. The normalized spacial score (nSPS) is 27.9. The average molecular weight is 345 g/mol. The number of halogens is 1. The van der Waals surface area contributed by atoms with Gasteiger partial charge in [0.15, 0.2) is 0 Å². The quantitative estimate of drug-likeness (QED) is 0.864. The van der Waals surface area contributed by atoms with Gasteiger partial charge in [0.05, 0.1) is 0 Å². The highest BCUT2D eigenvalue weighted by molar-refractivity contribution is 9.10. The van der Waals surface area contributed by atoms with Crippen LogP contribution in [0.1, 0.15) is 37.5 Å². The molecular weight excluding hydrogens is 320 g/mol. The predicted octanol–water partition coefficient (Wildman–Crippen LogP) is 4.11. The lowest BCUT2D eigenvalue weighted by atomic mass is 9.75. The van der Waals surface area contributed by atoms with Gasteiger partial charge in [-0.15, -0.1) is 11.3 Å². The molecule has 2 atom stereocenters. The summed E-state index contributed by atoms with van der Waals surface area (Å²) in [4.78, 5) is 3.84. The van der Waals surface area contributed by atoms with E-state index in [1.807, 2.05) is 11.3 Å². The molecule has 0 radical (unpaired) electrons. The van der Waals surface area contributed by atoms with Gasteiger partial charge in [-0.2, -0.15) is 0 Å². The Morgan fingerprint density at radius 2 is 2.32 bits per heavy atom. The van der Waals surface area contributed by atoms with Crippen LogP contribution in [0.3, 0.4) is 0 Å². The Balaban J connectivity index is 1.92. The number of nitrogens with zero attached hydrogens (tertiary/aromatic N) is 1. The first-order chi connectivity index (χ1) is 9.03. The molecule has 4 heteroatoms. The van der Waals surface area contributed by atoms with Crippen LogP contribution >= 0.6 is 27.3 Å². The summed E-state index contributed by atoms with van der Waals surface area (Å²) in [6.45, 7) is 4.46. The standard InChI is InChI=1S/C15H25BrN2S/c1-12-5-4-7-15(9-12,18(2)3)11-17-10-14-13(16)6-8-19-14/h6,8,12,17H,4-5,7,9-11H2,1-3H3. The van der Waals surface area contributed by atoms with Crippen LogP contribution < -0.4 is 5.32 Å². The smallest absolute Gasteiger partial charge is 0.0330 e. The lowest BCUT2D eigenvalue weighted by Gasteiger charge is -2.45. The fraction of sp³-hybridized carbons (Fsp3) is 0.733. The average Bonchev–Trinajstić information content (AvgIpc) is 2.75. The molecule has 0 aliphatic heterocycles. The van der Waals surface area contributed by atoms with Gasteiger partial charge in [-0.1, -0.05) is 19.8 Å². The van der Waals surface area contributed by atoms with E-state index in [4.69, 9.17) is 0 Å². The van der Waals surface area contributed by atoms with Crippen molar-refractivity contribution in [3.63, 3.8) is 0 Å². The topological polar surface area (TPSA) is 15.3 Å². The van der Waals surface area contributed by atoms with Crippen molar-refractivity contribution in [3.05, 3.63) is 20.8 Å². The Morgan fingerprint density at radius 3 is 2.89 bits per heavy atom. The predicted molar refractivity (Wildman–Crippen MR) is 87.8 cm³/mol. The first-order valence-electron chi connectivity index (χ1n) is 7.13. The van der Waals surface area contributed by atoms with Crippen LogP contribution in [0.25, 0.3) is 0 Å². The van der Waals surface area contributed by atoms with Gasteiger partial charge in [-0.3, -0.25) is 0 Å². The minimum atomic E-state index is 0.349. The number of rotatable bonds is 5. The molecule has 0 saturated heterocycles. The molecule has 1 N–H and O–H groups in total. The third-order valence-corrected chi connectivity index (χ3v) is 6.37. The summed E-state index contributed by atoms with van der Waals surface area (Å²) in [5.41, 5.74) is 0.349. The molecule has 0 bridgehead atoms. The van der Waals surface area contributed by atoms with E-state index in [1.165, 1.54) is 35.0 Å². The first kappa shape index (κ1) is 15.5. The van der Waals surface area contributed by atoms with Gasteiger partial charge in [0.2, 0.25) is 0 Å². The molecule has 1 aromatic heterocycles. The van der Waals surface area contributed by atoms with Crippen molar-refractivity contribution in [3.8, 4) is 0 Å². The maximum atomic E-state index is 3.68. The number of hydrogen-bond acceptors (Lipinski definition) is 3. The molecule has 1 aromatic rings. The zero-order chi connectivity index (χ0) is 13.9. The number of likely N-dealkylation sites (N-methyl/N-ethyl adjacent to an activating group) is 1. The number of nitrogens with one attached hydrogen (secondary N) is 1. The van der Waals surface area contributed by atoms with E-state index in [0.29, 0.717) is 5.54 Å². The molecule has 1 aliphatic rings. The van der Waals surface area contributed by atoms with E-state index in [1.54, 1.807) is 0 Å². The lowest BCUT2D eigenvalue weighted by molar-refractivity contribution is 0.0750. The second kappa shape index (κ2) is 6.70. The SMILES string of the molecule is CC1CCCC(CNCc2sccc2Br)(N(C)C)C1. The monoisotopic (exact) mass is 344 g/mol.